The lowest BCUT2D eigenvalue weighted by molar-refractivity contribution is -0.145. The van der Waals surface area contributed by atoms with Gasteiger partial charge in [0.2, 0.25) is 13.6 Å². The summed E-state index contributed by atoms with van der Waals surface area (Å²) in [4.78, 5) is 46.5. The van der Waals surface area contributed by atoms with Crippen LogP contribution in [0.4, 0.5) is 22.0 Å². The van der Waals surface area contributed by atoms with E-state index in [1.165, 1.54) is 24.3 Å². The van der Waals surface area contributed by atoms with Crippen LogP contribution in [-0.4, -0.2) is 37.5 Å². The molecule has 0 spiro atoms. The Labute approximate surface area is 268 Å². The van der Waals surface area contributed by atoms with Gasteiger partial charge in [-0.1, -0.05) is 13.2 Å². The highest BCUT2D eigenvalue weighted by molar-refractivity contribution is 5.90. The minimum Gasteiger partial charge on any atom is -0.457 e. The normalized spacial score (nSPS) is 11.1. The van der Waals surface area contributed by atoms with E-state index in [9.17, 15) is 41.1 Å². The highest BCUT2D eigenvalue weighted by Crippen LogP contribution is 2.38. The summed E-state index contributed by atoms with van der Waals surface area (Å²) in [5.74, 6) is -7.22. The number of alkyl halides is 3. The molecule has 0 aliphatic heterocycles. The van der Waals surface area contributed by atoms with Gasteiger partial charge in [0, 0.05) is 47.6 Å². The number of hydrogen-bond acceptors (Lipinski definition) is 10. The number of carbonyl (C=O) groups is 4. The Morgan fingerprint density at radius 3 is 1.52 bits per heavy atom. The van der Waals surface area contributed by atoms with Crippen molar-refractivity contribution in [1.82, 2.24) is 0 Å². The molecule has 250 valence electrons. The summed E-state index contributed by atoms with van der Waals surface area (Å²) in [5.41, 5.74) is -1.72. The van der Waals surface area contributed by atoms with Crippen LogP contribution >= 0.6 is 0 Å². The summed E-state index contributed by atoms with van der Waals surface area (Å²) < 4.78 is 98.9. The number of hydrogen-bond donors (Lipinski definition) is 0. The van der Waals surface area contributed by atoms with Crippen LogP contribution in [0, 0.1) is 11.6 Å². The second-order valence-corrected chi connectivity index (χ2v) is 8.89. The molecule has 0 N–H and O–H groups in total. The molecule has 0 aromatic heterocycles. The molecular formula is C33H23F5O10. The lowest BCUT2D eigenvalue weighted by Crippen LogP contribution is -2.13. The minimum absolute atomic E-state index is 0.00148. The molecule has 0 saturated heterocycles. The Balaban J connectivity index is 1.63. The van der Waals surface area contributed by atoms with Crippen LogP contribution < -0.4 is 18.9 Å². The largest absolute Gasteiger partial charge is 0.457 e. The fraction of sp³-hybridized carbons (Fsp3) is 0.0909. The molecule has 0 bridgehead atoms. The monoisotopic (exact) mass is 674 g/mol. The average Bonchev–Trinajstić information content (AvgIpc) is 3.04. The van der Waals surface area contributed by atoms with Gasteiger partial charge in [-0.2, -0.15) is 13.2 Å². The van der Waals surface area contributed by atoms with E-state index in [-0.39, 0.29) is 22.6 Å². The molecule has 0 saturated carbocycles. The molecular weight excluding hydrogens is 651 g/mol. The fourth-order valence-corrected chi connectivity index (χ4v) is 3.39. The van der Waals surface area contributed by atoms with E-state index in [1.54, 1.807) is 0 Å². The number of rotatable bonds is 14. The lowest BCUT2D eigenvalue weighted by Gasteiger charge is -2.13. The molecule has 3 rings (SSSR count). The Morgan fingerprint density at radius 1 is 0.625 bits per heavy atom. The molecule has 0 heterocycles. The molecule has 10 nitrogen and oxygen atoms in total. The van der Waals surface area contributed by atoms with Gasteiger partial charge >= 0.3 is 30.1 Å². The number of halogens is 5. The van der Waals surface area contributed by atoms with Crippen molar-refractivity contribution in [2.24, 2.45) is 0 Å². The topological polar surface area (TPSA) is 124 Å². The number of carbonyl (C=O) groups excluding carboxylic acids is 4. The lowest BCUT2D eigenvalue weighted by atomic mass is 10.1. The third kappa shape index (κ3) is 11.3. The van der Waals surface area contributed by atoms with Crippen molar-refractivity contribution in [2.75, 3.05) is 13.6 Å². The molecule has 0 unspecified atom stereocenters. The minimum atomic E-state index is -5.06. The molecule has 15 heteroatoms. The van der Waals surface area contributed by atoms with Crippen molar-refractivity contribution in [3.8, 4) is 23.0 Å². The van der Waals surface area contributed by atoms with Crippen LogP contribution in [0.15, 0.2) is 92.1 Å². The summed E-state index contributed by atoms with van der Waals surface area (Å²) in [6.45, 7) is 5.37. The Morgan fingerprint density at radius 2 is 1.08 bits per heavy atom. The molecule has 48 heavy (non-hydrogen) atoms. The van der Waals surface area contributed by atoms with Gasteiger partial charge in [-0.05, 0) is 54.6 Å². The quantitative estimate of drug-likeness (QED) is 0.0628. The van der Waals surface area contributed by atoms with E-state index in [0.29, 0.717) is 12.1 Å². The SMILES string of the molecule is C=CC(=O)OCOc1ccc(C=CC(=O)Oc2ccc(OC(=O)C=Cc3ccc(OCOC(=O)C=C)cc3F)c(C(F)(F)F)c2)c(F)c1. The Hall–Kier alpha value is -6.25. The van der Waals surface area contributed by atoms with Crippen LogP contribution in [-0.2, 0) is 34.8 Å². The van der Waals surface area contributed by atoms with E-state index in [0.717, 1.165) is 54.6 Å². The highest BCUT2D eigenvalue weighted by Gasteiger charge is 2.35. The first-order valence-corrected chi connectivity index (χ1v) is 13.2. The van der Waals surface area contributed by atoms with Gasteiger partial charge in [0.25, 0.3) is 0 Å². The summed E-state index contributed by atoms with van der Waals surface area (Å²) in [7, 11) is 0. The molecule has 0 atom stereocenters. The van der Waals surface area contributed by atoms with Crippen LogP contribution in [0.1, 0.15) is 16.7 Å². The van der Waals surface area contributed by atoms with Crippen LogP contribution in [0.25, 0.3) is 12.2 Å². The second-order valence-electron chi connectivity index (χ2n) is 8.89. The maximum Gasteiger partial charge on any atom is 0.420 e. The number of esters is 4. The zero-order valence-corrected chi connectivity index (χ0v) is 24.5. The highest BCUT2D eigenvalue weighted by atomic mass is 19.4. The molecule has 0 fully saturated rings. The third-order valence-corrected chi connectivity index (χ3v) is 5.61. The predicted molar refractivity (Wildman–Crippen MR) is 157 cm³/mol. The van der Waals surface area contributed by atoms with E-state index < -0.39 is 72.3 Å². The van der Waals surface area contributed by atoms with Gasteiger partial charge in [0.1, 0.15) is 40.2 Å². The molecule has 3 aromatic carbocycles. The van der Waals surface area contributed by atoms with Crippen molar-refractivity contribution >= 4 is 36.0 Å². The fourth-order valence-electron chi connectivity index (χ4n) is 3.39. The summed E-state index contributed by atoms with van der Waals surface area (Å²) in [6, 6.07) is 8.90. The van der Waals surface area contributed by atoms with Gasteiger partial charge in [0.05, 0.1) is 0 Å². The summed E-state index contributed by atoms with van der Waals surface area (Å²) in [5, 5.41) is 0. The Kier molecular flexibility index (Phi) is 12.7. The van der Waals surface area contributed by atoms with Crippen molar-refractivity contribution in [2.45, 2.75) is 6.18 Å². The average molecular weight is 675 g/mol. The van der Waals surface area contributed by atoms with Crippen LogP contribution in [0.5, 0.6) is 23.0 Å². The smallest absolute Gasteiger partial charge is 0.420 e. The van der Waals surface area contributed by atoms with Crippen molar-refractivity contribution < 1.29 is 69.6 Å². The van der Waals surface area contributed by atoms with Gasteiger partial charge in [-0.15, -0.1) is 0 Å². The van der Waals surface area contributed by atoms with E-state index >= 15 is 0 Å². The first-order valence-electron chi connectivity index (χ1n) is 13.2. The maximum absolute atomic E-state index is 14.4. The zero-order chi connectivity index (χ0) is 35.3. The van der Waals surface area contributed by atoms with Crippen molar-refractivity contribution in [3.63, 3.8) is 0 Å². The van der Waals surface area contributed by atoms with Gasteiger partial charge in [-0.3, -0.25) is 0 Å². The summed E-state index contributed by atoms with van der Waals surface area (Å²) in [6.07, 6.45) is 0.126. The van der Waals surface area contributed by atoms with Gasteiger partial charge < -0.3 is 28.4 Å². The molecule has 0 aliphatic carbocycles. The zero-order valence-electron chi connectivity index (χ0n) is 24.5. The standard InChI is InChI=1S/C33H23F5O10/c1-3-29(39)45-18-43-22-9-5-20(26(34)16-22)7-13-31(41)47-24-11-12-28(25(15-24)33(36,37)38)48-32(42)14-8-21-6-10-23(17-27(21)35)44-19-46-30(40)4-2/h3-17H,1-2,18-19H2. The second kappa shape index (κ2) is 16.9. The Bertz CT molecular complexity index is 1760. The van der Waals surface area contributed by atoms with Crippen LogP contribution in [0.2, 0.25) is 0 Å². The predicted octanol–water partition coefficient (Wildman–Crippen LogP) is 6.35. The van der Waals surface area contributed by atoms with Gasteiger partial charge in [-0.25, -0.2) is 28.0 Å². The van der Waals surface area contributed by atoms with Crippen LogP contribution in [0.3, 0.4) is 0 Å². The van der Waals surface area contributed by atoms with Gasteiger partial charge in [0.15, 0.2) is 0 Å². The molecule has 0 radical (unpaired) electrons. The summed E-state index contributed by atoms with van der Waals surface area (Å²) >= 11 is 0. The first kappa shape index (κ1) is 36.2. The first-order chi connectivity index (χ1) is 22.8. The molecule has 0 aliphatic rings. The van der Waals surface area contributed by atoms with Crippen molar-refractivity contribution in [3.05, 3.63) is 120 Å². The van der Waals surface area contributed by atoms with E-state index in [4.69, 9.17) is 18.9 Å². The van der Waals surface area contributed by atoms with Crippen molar-refractivity contribution in [1.29, 1.82) is 0 Å². The molecule has 0 amide bonds. The van der Waals surface area contributed by atoms with E-state index in [1.807, 2.05) is 0 Å². The number of ether oxygens (including phenoxy) is 6. The number of benzene rings is 3. The molecule has 3 aromatic rings. The maximum atomic E-state index is 14.4. The van der Waals surface area contributed by atoms with E-state index in [2.05, 4.69) is 22.6 Å². The third-order valence-electron chi connectivity index (χ3n) is 5.61.